The maximum absolute atomic E-state index is 13.2. The largest absolute Gasteiger partial charge is 0.299 e. The summed E-state index contributed by atoms with van der Waals surface area (Å²) in [6.07, 6.45) is 8.98. The minimum atomic E-state index is -0.851. The Bertz CT molecular complexity index is 1040. The molecule has 0 aromatic heterocycles. The van der Waals surface area contributed by atoms with E-state index in [-0.39, 0.29) is 23.8 Å². The van der Waals surface area contributed by atoms with Gasteiger partial charge in [-0.2, -0.15) is 0 Å². The Labute approximate surface area is 190 Å². The summed E-state index contributed by atoms with van der Waals surface area (Å²) in [5.74, 6) is -1.77. The minimum Gasteiger partial charge on any atom is -0.299 e. The van der Waals surface area contributed by atoms with Gasteiger partial charge in [-0.1, -0.05) is 81.2 Å². The van der Waals surface area contributed by atoms with E-state index in [0.717, 1.165) is 23.1 Å². The summed E-state index contributed by atoms with van der Waals surface area (Å²) >= 11 is 0. The highest BCUT2D eigenvalue weighted by molar-refractivity contribution is 6.28. The summed E-state index contributed by atoms with van der Waals surface area (Å²) in [5, 5.41) is 0. The van der Waals surface area contributed by atoms with Crippen LogP contribution in [0.5, 0.6) is 0 Å². The first-order valence-electron chi connectivity index (χ1n) is 12.0. The average molecular weight is 429 g/mol. The summed E-state index contributed by atoms with van der Waals surface area (Å²) in [4.78, 5) is 38.7. The first-order chi connectivity index (χ1) is 15.5. The number of unbranched alkanes of at least 4 members (excludes halogenated alkanes) is 4. The van der Waals surface area contributed by atoms with Gasteiger partial charge in [-0.15, -0.1) is 0 Å². The summed E-state index contributed by atoms with van der Waals surface area (Å²) < 4.78 is 0. The van der Waals surface area contributed by atoms with Crippen LogP contribution in [0, 0.1) is 11.8 Å². The molecule has 0 radical (unpaired) electrons. The van der Waals surface area contributed by atoms with Crippen LogP contribution >= 0.6 is 0 Å². The molecule has 166 valence electrons. The standard InChI is InChI=1S/C29H32O3/c1-3-4-5-6-7-8-20-10-12-21(13-11-20)22-14-16-23-25(18-22)29(32)27(28(23)31)24-15-9-19(2)17-26(24)30/h10-14,16,18,24,27H,2-9,15,17H2,1H3. The number of aryl methyl sites for hydroxylation is 1. The van der Waals surface area contributed by atoms with Crippen LogP contribution in [0.2, 0.25) is 0 Å². The van der Waals surface area contributed by atoms with E-state index in [0.29, 0.717) is 24.0 Å². The van der Waals surface area contributed by atoms with Gasteiger partial charge in [0.05, 0.1) is 5.92 Å². The van der Waals surface area contributed by atoms with Crippen LogP contribution in [0.4, 0.5) is 0 Å². The second kappa shape index (κ2) is 9.77. The number of carbonyl (C=O) groups excluding carboxylic acids is 3. The summed E-state index contributed by atoms with van der Waals surface area (Å²) in [6, 6.07) is 14.0. The maximum Gasteiger partial charge on any atom is 0.175 e. The number of hydrogen-bond donors (Lipinski definition) is 0. The SMILES string of the molecule is C=C1CCC(C2C(=O)c3ccc(-c4ccc(CCCCCCC)cc4)cc3C2=O)C(=O)C1. The van der Waals surface area contributed by atoms with Crippen molar-refractivity contribution in [3.63, 3.8) is 0 Å². The Kier molecular flexibility index (Phi) is 6.83. The van der Waals surface area contributed by atoms with Gasteiger partial charge in [0.15, 0.2) is 11.6 Å². The molecule has 2 aromatic carbocycles. The first kappa shape index (κ1) is 22.4. The van der Waals surface area contributed by atoms with Crippen LogP contribution in [0.25, 0.3) is 11.1 Å². The summed E-state index contributed by atoms with van der Waals surface area (Å²) in [6.45, 7) is 6.12. The molecule has 3 heteroatoms. The van der Waals surface area contributed by atoms with Gasteiger partial charge >= 0.3 is 0 Å². The highest BCUT2D eigenvalue weighted by atomic mass is 16.2. The molecule has 32 heavy (non-hydrogen) atoms. The van der Waals surface area contributed by atoms with Crippen molar-refractivity contribution in [1.29, 1.82) is 0 Å². The van der Waals surface area contributed by atoms with Gasteiger partial charge in [-0.05, 0) is 48.4 Å². The highest BCUT2D eigenvalue weighted by Gasteiger charge is 2.46. The Hall–Kier alpha value is -2.81. The second-order valence-electron chi connectivity index (χ2n) is 9.37. The number of carbonyl (C=O) groups is 3. The van der Waals surface area contributed by atoms with Gasteiger partial charge in [-0.25, -0.2) is 0 Å². The zero-order valence-corrected chi connectivity index (χ0v) is 19.0. The summed E-state index contributed by atoms with van der Waals surface area (Å²) in [7, 11) is 0. The number of allylic oxidation sites excluding steroid dienone is 1. The Balaban J connectivity index is 1.48. The van der Waals surface area contributed by atoms with Crippen molar-refractivity contribution in [2.75, 3.05) is 0 Å². The van der Waals surface area contributed by atoms with E-state index in [2.05, 4.69) is 37.8 Å². The molecule has 2 aliphatic rings. The smallest absolute Gasteiger partial charge is 0.175 e. The highest BCUT2D eigenvalue weighted by Crippen LogP contribution is 2.39. The number of fused-ring (bicyclic) bond motifs is 1. The van der Waals surface area contributed by atoms with Crippen molar-refractivity contribution in [2.45, 2.75) is 64.7 Å². The van der Waals surface area contributed by atoms with Gasteiger partial charge in [0, 0.05) is 23.5 Å². The Morgan fingerprint density at radius 3 is 2.25 bits per heavy atom. The minimum absolute atomic E-state index is 0.0220. The van der Waals surface area contributed by atoms with Crippen LogP contribution in [0.15, 0.2) is 54.6 Å². The molecule has 0 spiro atoms. The van der Waals surface area contributed by atoms with E-state index in [4.69, 9.17) is 0 Å². The zero-order valence-electron chi connectivity index (χ0n) is 19.0. The van der Waals surface area contributed by atoms with E-state index in [1.807, 2.05) is 12.1 Å². The van der Waals surface area contributed by atoms with E-state index >= 15 is 0 Å². The van der Waals surface area contributed by atoms with Gasteiger partial charge in [0.1, 0.15) is 5.78 Å². The number of benzene rings is 2. The predicted molar refractivity (Wildman–Crippen MR) is 128 cm³/mol. The lowest BCUT2D eigenvalue weighted by atomic mass is 9.75. The molecule has 2 aromatic rings. The second-order valence-corrected chi connectivity index (χ2v) is 9.37. The van der Waals surface area contributed by atoms with E-state index in [1.54, 1.807) is 6.07 Å². The van der Waals surface area contributed by atoms with Crippen molar-refractivity contribution in [1.82, 2.24) is 0 Å². The lowest BCUT2D eigenvalue weighted by Crippen LogP contribution is -2.34. The van der Waals surface area contributed by atoms with Crippen molar-refractivity contribution < 1.29 is 14.4 Å². The number of hydrogen-bond acceptors (Lipinski definition) is 3. The zero-order chi connectivity index (χ0) is 22.7. The first-order valence-corrected chi connectivity index (χ1v) is 12.0. The molecule has 0 N–H and O–H groups in total. The van der Waals surface area contributed by atoms with Crippen LogP contribution in [-0.4, -0.2) is 17.3 Å². The molecule has 1 saturated carbocycles. The maximum atomic E-state index is 13.2. The molecular weight excluding hydrogens is 396 g/mol. The molecule has 3 nitrogen and oxygen atoms in total. The molecule has 0 bridgehead atoms. The molecule has 0 saturated heterocycles. The lowest BCUT2D eigenvalue weighted by molar-refractivity contribution is -0.124. The quantitative estimate of drug-likeness (QED) is 0.264. The fraction of sp³-hybridized carbons (Fsp3) is 0.414. The van der Waals surface area contributed by atoms with Gasteiger partial charge in [-0.3, -0.25) is 14.4 Å². The molecule has 0 heterocycles. The number of Topliss-reactive ketones (excluding diaryl/α,β-unsaturated/α-hetero) is 3. The van der Waals surface area contributed by atoms with Crippen LogP contribution in [-0.2, 0) is 11.2 Å². The molecular formula is C29H32O3. The number of rotatable bonds is 8. The molecule has 2 atom stereocenters. The van der Waals surface area contributed by atoms with Crippen molar-refractivity contribution in [2.24, 2.45) is 11.8 Å². The molecule has 0 amide bonds. The van der Waals surface area contributed by atoms with Crippen molar-refractivity contribution in [3.8, 4) is 11.1 Å². The van der Waals surface area contributed by atoms with E-state index < -0.39 is 11.8 Å². The van der Waals surface area contributed by atoms with Gasteiger partial charge in [0.2, 0.25) is 0 Å². The van der Waals surface area contributed by atoms with Crippen LogP contribution in [0.1, 0.15) is 84.6 Å². The molecule has 2 unspecified atom stereocenters. The van der Waals surface area contributed by atoms with Crippen molar-refractivity contribution in [3.05, 3.63) is 71.3 Å². The third kappa shape index (κ3) is 4.53. The Morgan fingerprint density at radius 1 is 0.844 bits per heavy atom. The number of ketones is 3. The van der Waals surface area contributed by atoms with Crippen LogP contribution in [0.3, 0.4) is 0 Å². The van der Waals surface area contributed by atoms with Crippen LogP contribution < -0.4 is 0 Å². The molecule has 0 aliphatic heterocycles. The third-order valence-corrected chi connectivity index (χ3v) is 7.02. The molecule has 2 aliphatic carbocycles. The van der Waals surface area contributed by atoms with Crippen molar-refractivity contribution >= 4 is 17.3 Å². The summed E-state index contributed by atoms with van der Waals surface area (Å²) in [5.41, 5.74) is 5.13. The monoisotopic (exact) mass is 428 g/mol. The van der Waals surface area contributed by atoms with Gasteiger partial charge < -0.3 is 0 Å². The topological polar surface area (TPSA) is 51.2 Å². The van der Waals surface area contributed by atoms with E-state index in [1.165, 1.54) is 37.7 Å². The van der Waals surface area contributed by atoms with E-state index in [9.17, 15) is 14.4 Å². The molecule has 4 rings (SSSR count). The predicted octanol–water partition coefficient (Wildman–Crippen LogP) is 6.79. The Morgan fingerprint density at radius 2 is 1.53 bits per heavy atom. The molecule has 1 fully saturated rings. The lowest BCUT2D eigenvalue weighted by Gasteiger charge is -2.25. The van der Waals surface area contributed by atoms with Gasteiger partial charge in [0.25, 0.3) is 0 Å². The fourth-order valence-electron chi connectivity index (χ4n) is 5.10. The third-order valence-electron chi connectivity index (χ3n) is 7.02. The fourth-order valence-corrected chi connectivity index (χ4v) is 5.10. The average Bonchev–Trinajstić information content (AvgIpc) is 3.04. The normalized spacial score (nSPS) is 20.7.